The molecule has 1 fully saturated rings. The number of carbonyl (C=O) groups excluding carboxylic acids is 2. The molecule has 3 atom stereocenters. The predicted octanol–water partition coefficient (Wildman–Crippen LogP) is 3.86. The molecule has 226 valence electrons. The van der Waals surface area contributed by atoms with Gasteiger partial charge in [-0.15, -0.1) is 0 Å². The molecular formula is C26H38F4N4O6. The summed E-state index contributed by atoms with van der Waals surface area (Å²) in [5, 5.41) is 24.6. The molecule has 1 aliphatic rings. The smallest absolute Gasteiger partial charge is 0.480 e. The van der Waals surface area contributed by atoms with Crippen molar-refractivity contribution in [3.05, 3.63) is 35.6 Å². The van der Waals surface area contributed by atoms with Gasteiger partial charge < -0.3 is 31.9 Å². The number of carboxylic acid groups (broad SMARTS) is 2. The van der Waals surface area contributed by atoms with Crippen LogP contribution in [0.4, 0.5) is 22.4 Å². The first-order valence-electron chi connectivity index (χ1n) is 13.1. The fourth-order valence-electron chi connectivity index (χ4n) is 4.24. The third-order valence-corrected chi connectivity index (χ3v) is 6.44. The Labute approximate surface area is 230 Å². The van der Waals surface area contributed by atoms with E-state index in [-0.39, 0.29) is 24.2 Å². The van der Waals surface area contributed by atoms with Crippen LogP contribution in [-0.2, 0) is 14.4 Å². The van der Waals surface area contributed by atoms with Crippen LogP contribution in [0.25, 0.3) is 0 Å². The molecule has 0 radical (unpaired) electrons. The number of rotatable bonds is 12. The lowest BCUT2D eigenvalue weighted by atomic mass is 9.84. The van der Waals surface area contributed by atoms with Crippen molar-refractivity contribution in [2.45, 2.75) is 89.0 Å². The monoisotopic (exact) mass is 578 g/mol. The van der Waals surface area contributed by atoms with Gasteiger partial charge in [-0.3, -0.25) is 4.79 Å². The summed E-state index contributed by atoms with van der Waals surface area (Å²) in [6.07, 6.45) is 2.27. The van der Waals surface area contributed by atoms with E-state index in [0.29, 0.717) is 31.7 Å². The SMILES string of the molecule is C[C@H](NC(=O)[C@@H](CC1CCCCC1)NC(=O)N[C@@H](CCCCN)C(=O)O)c1ccc(F)cc1.O=C(O)C(F)(F)F. The second-order valence-corrected chi connectivity index (χ2v) is 9.67. The molecule has 14 heteroatoms. The van der Waals surface area contributed by atoms with Crippen LogP contribution in [0.15, 0.2) is 24.3 Å². The van der Waals surface area contributed by atoms with Gasteiger partial charge in [0.2, 0.25) is 5.91 Å². The second kappa shape index (κ2) is 17.3. The molecule has 0 bridgehead atoms. The fraction of sp³-hybridized carbons (Fsp3) is 0.615. The van der Waals surface area contributed by atoms with Gasteiger partial charge in [0.15, 0.2) is 0 Å². The first kappa shape index (κ1) is 34.6. The highest BCUT2D eigenvalue weighted by atomic mass is 19.4. The normalized spacial score (nSPS) is 15.9. The summed E-state index contributed by atoms with van der Waals surface area (Å²) in [5.74, 6) is -4.27. The summed E-state index contributed by atoms with van der Waals surface area (Å²) in [7, 11) is 0. The number of hydrogen-bond acceptors (Lipinski definition) is 5. The number of carbonyl (C=O) groups is 4. The number of benzene rings is 1. The molecule has 0 aromatic heterocycles. The number of halogens is 4. The van der Waals surface area contributed by atoms with Crippen molar-refractivity contribution in [1.82, 2.24) is 16.0 Å². The number of carboxylic acids is 2. The molecule has 7 N–H and O–H groups in total. The van der Waals surface area contributed by atoms with E-state index >= 15 is 0 Å². The second-order valence-electron chi connectivity index (χ2n) is 9.67. The van der Waals surface area contributed by atoms with Crippen LogP contribution in [-0.4, -0.2) is 58.9 Å². The zero-order valence-electron chi connectivity index (χ0n) is 22.3. The van der Waals surface area contributed by atoms with Crippen molar-refractivity contribution < 1.29 is 47.0 Å². The standard InChI is InChI=1S/C24H37FN4O4.C2HF3O2/c1-16(18-10-12-19(25)13-11-18)27-22(30)21(15-17-7-3-2-4-8-17)29-24(33)28-20(23(31)32)9-5-6-14-26;3-2(4,5)1(6)7/h10-13,16-17,20-21H,2-9,14-15,26H2,1H3,(H,27,30)(H,31,32)(H2,28,29,33);(H,6,7)/t16-,20-,21+;/m0./s1. The third kappa shape index (κ3) is 13.6. The number of unbranched alkanes of at least 4 members (excludes halogenated alkanes) is 1. The first-order chi connectivity index (χ1) is 18.7. The lowest BCUT2D eigenvalue weighted by Crippen LogP contribution is -2.54. The fourth-order valence-corrected chi connectivity index (χ4v) is 4.24. The predicted molar refractivity (Wildman–Crippen MR) is 138 cm³/mol. The number of urea groups is 1. The molecule has 3 amide bonds. The van der Waals surface area contributed by atoms with Crippen molar-refractivity contribution in [3.8, 4) is 0 Å². The zero-order chi connectivity index (χ0) is 30.3. The summed E-state index contributed by atoms with van der Waals surface area (Å²) < 4.78 is 44.9. The molecule has 2 rings (SSSR count). The minimum absolute atomic E-state index is 0.265. The topological polar surface area (TPSA) is 171 Å². The Morgan fingerprint density at radius 3 is 2.00 bits per heavy atom. The quantitative estimate of drug-likeness (QED) is 0.162. The van der Waals surface area contributed by atoms with Gasteiger partial charge in [0.05, 0.1) is 6.04 Å². The summed E-state index contributed by atoms with van der Waals surface area (Å²) >= 11 is 0. The highest BCUT2D eigenvalue weighted by molar-refractivity contribution is 5.89. The van der Waals surface area contributed by atoms with Crippen molar-refractivity contribution in [2.75, 3.05) is 6.54 Å². The Kier molecular flexibility index (Phi) is 15.0. The molecule has 0 unspecified atom stereocenters. The maximum absolute atomic E-state index is 13.2. The van der Waals surface area contributed by atoms with Crippen molar-refractivity contribution in [1.29, 1.82) is 0 Å². The zero-order valence-corrected chi connectivity index (χ0v) is 22.3. The Hall–Kier alpha value is -3.42. The minimum atomic E-state index is -5.08. The highest BCUT2D eigenvalue weighted by Gasteiger charge is 2.38. The Bertz CT molecular complexity index is 956. The van der Waals surface area contributed by atoms with Crippen molar-refractivity contribution in [2.24, 2.45) is 11.7 Å². The minimum Gasteiger partial charge on any atom is -0.480 e. The van der Waals surface area contributed by atoms with E-state index < -0.39 is 36.2 Å². The van der Waals surface area contributed by atoms with E-state index in [4.69, 9.17) is 15.6 Å². The van der Waals surface area contributed by atoms with Gasteiger partial charge in [-0.05, 0) is 62.8 Å². The maximum Gasteiger partial charge on any atom is 0.490 e. The number of nitrogens with one attached hydrogen (secondary N) is 3. The third-order valence-electron chi connectivity index (χ3n) is 6.44. The maximum atomic E-state index is 13.2. The molecule has 0 heterocycles. The van der Waals surface area contributed by atoms with Crippen LogP contribution >= 0.6 is 0 Å². The number of aliphatic carboxylic acids is 2. The molecule has 40 heavy (non-hydrogen) atoms. The van der Waals surface area contributed by atoms with Crippen molar-refractivity contribution >= 4 is 23.9 Å². The van der Waals surface area contributed by atoms with Gasteiger partial charge >= 0.3 is 24.1 Å². The summed E-state index contributed by atoms with van der Waals surface area (Å²) in [5.41, 5.74) is 6.21. The molecule has 0 spiro atoms. The van der Waals surface area contributed by atoms with Gasteiger partial charge in [-0.2, -0.15) is 13.2 Å². The number of amides is 3. The molecule has 1 aromatic carbocycles. The molecule has 10 nitrogen and oxygen atoms in total. The number of hydrogen-bond donors (Lipinski definition) is 6. The molecule has 1 aromatic rings. The number of alkyl halides is 3. The summed E-state index contributed by atoms with van der Waals surface area (Å²) in [6.45, 7) is 2.25. The molecule has 1 saturated carbocycles. The van der Waals surface area contributed by atoms with Gasteiger partial charge in [0.25, 0.3) is 0 Å². The van der Waals surface area contributed by atoms with Gasteiger partial charge in [-0.25, -0.2) is 18.8 Å². The van der Waals surface area contributed by atoms with E-state index in [1.807, 2.05) is 0 Å². The average molecular weight is 579 g/mol. The summed E-state index contributed by atoms with van der Waals surface area (Å²) in [6, 6.07) is 2.98. The van der Waals surface area contributed by atoms with Crippen LogP contribution in [0, 0.1) is 11.7 Å². The highest BCUT2D eigenvalue weighted by Crippen LogP contribution is 2.27. The lowest BCUT2D eigenvalue weighted by Gasteiger charge is -2.28. The van der Waals surface area contributed by atoms with Crippen LogP contribution in [0.3, 0.4) is 0 Å². The molecular weight excluding hydrogens is 540 g/mol. The van der Waals surface area contributed by atoms with Crippen LogP contribution in [0.1, 0.15) is 76.3 Å². The molecule has 1 aliphatic carbocycles. The van der Waals surface area contributed by atoms with Gasteiger partial charge in [0, 0.05) is 0 Å². The Morgan fingerprint density at radius 2 is 1.50 bits per heavy atom. The van der Waals surface area contributed by atoms with Gasteiger partial charge in [0.1, 0.15) is 17.9 Å². The Balaban J connectivity index is 0.00000101. The van der Waals surface area contributed by atoms with Crippen LogP contribution < -0.4 is 21.7 Å². The van der Waals surface area contributed by atoms with Gasteiger partial charge in [-0.1, -0.05) is 44.2 Å². The largest absolute Gasteiger partial charge is 0.490 e. The lowest BCUT2D eigenvalue weighted by molar-refractivity contribution is -0.192. The van der Waals surface area contributed by atoms with E-state index in [1.54, 1.807) is 19.1 Å². The Morgan fingerprint density at radius 1 is 0.950 bits per heavy atom. The van der Waals surface area contributed by atoms with E-state index in [2.05, 4.69) is 16.0 Å². The van der Waals surface area contributed by atoms with Crippen molar-refractivity contribution in [3.63, 3.8) is 0 Å². The van der Waals surface area contributed by atoms with E-state index in [0.717, 1.165) is 31.2 Å². The molecule has 0 aliphatic heterocycles. The van der Waals surface area contributed by atoms with Crippen LogP contribution in [0.2, 0.25) is 0 Å². The number of nitrogens with two attached hydrogens (primary N) is 1. The first-order valence-corrected chi connectivity index (χ1v) is 13.1. The molecule has 0 saturated heterocycles. The summed E-state index contributed by atoms with van der Waals surface area (Å²) in [4.78, 5) is 46.1. The van der Waals surface area contributed by atoms with E-state index in [9.17, 15) is 37.1 Å². The average Bonchev–Trinajstić information content (AvgIpc) is 2.88. The van der Waals surface area contributed by atoms with Crippen LogP contribution in [0.5, 0.6) is 0 Å². The van der Waals surface area contributed by atoms with E-state index in [1.165, 1.54) is 18.6 Å².